The van der Waals surface area contributed by atoms with Crippen LogP contribution in [0.25, 0.3) is 0 Å². The molecule has 1 aromatic rings. The lowest BCUT2D eigenvalue weighted by atomic mass is 10.4. The van der Waals surface area contributed by atoms with Gasteiger partial charge in [0.1, 0.15) is 11.4 Å². The molecule has 0 N–H and O–H groups in total. The summed E-state index contributed by atoms with van der Waals surface area (Å²) in [5.41, 5.74) is -0.165. The van der Waals surface area contributed by atoms with Crippen molar-refractivity contribution in [1.82, 2.24) is 9.78 Å². The van der Waals surface area contributed by atoms with E-state index in [0.29, 0.717) is 4.68 Å². The molecule has 1 aromatic heterocycles. The molecule has 0 radical (unpaired) electrons. The van der Waals surface area contributed by atoms with Crippen LogP contribution in [0.4, 0.5) is 13.2 Å². The highest BCUT2D eigenvalue weighted by Gasteiger charge is 2.31. The number of hydrogen-bond donors (Lipinski definition) is 0. The van der Waals surface area contributed by atoms with Crippen molar-refractivity contribution in [2.45, 2.75) is 31.5 Å². The van der Waals surface area contributed by atoms with Crippen LogP contribution < -0.4 is 0 Å². The maximum atomic E-state index is 12.1. The smallest absolute Gasteiger partial charge is 0.259 e. The van der Waals surface area contributed by atoms with Crippen LogP contribution in [-0.4, -0.2) is 24.4 Å². The van der Waals surface area contributed by atoms with Gasteiger partial charge in [0.15, 0.2) is 0 Å². The molecule has 0 spiro atoms. The molecule has 0 amide bonds. The quantitative estimate of drug-likeness (QED) is 0.776. The van der Waals surface area contributed by atoms with E-state index in [0.717, 1.165) is 0 Å². The van der Waals surface area contributed by atoms with Gasteiger partial charge in [0, 0.05) is 10.7 Å². The average molecular weight is 277 g/mol. The Kier molecular flexibility index (Phi) is 3.26. The lowest BCUT2D eigenvalue weighted by Crippen LogP contribution is -2.19. The summed E-state index contributed by atoms with van der Waals surface area (Å²) in [6, 6.07) is 0. The number of nitrogens with zero attached hydrogens (tertiary/aromatic N) is 2. The van der Waals surface area contributed by atoms with Gasteiger partial charge in [0.2, 0.25) is 0 Å². The van der Waals surface area contributed by atoms with E-state index in [2.05, 4.69) is 5.10 Å². The Morgan fingerprint density at radius 3 is 2.19 bits per heavy atom. The summed E-state index contributed by atoms with van der Waals surface area (Å²) in [7, 11) is 1.01. The average Bonchev–Trinajstić information content (AvgIpc) is 2.21. The Labute approximate surface area is 94.4 Å². The molecule has 0 atom stereocenters. The third-order valence-electron chi connectivity index (χ3n) is 1.89. The van der Waals surface area contributed by atoms with E-state index < -0.39 is 21.8 Å². The monoisotopic (exact) mass is 276 g/mol. The second-order valence-electron chi connectivity index (χ2n) is 3.21. The molecule has 1 heterocycles. The standard InChI is InChI=1S/C7H8ClF3N2O2S/c1-4-6(16(8,14)15)5(2)13(12-4)3-7(9,10)11/h3H2,1-2H3. The second kappa shape index (κ2) is 3.92. The molecule has 0 saturated carbocycles. The van der Waals surface area contributed by atoms with Crippen LogP contribution in [0.3, 0.4) is 0 Å². The number of alkyl halides is 3. The summed E-state index contributed by atoms with van der Waals surface area (Å²) in [5, 5.41) is 3.50. The zero-order valence-electron chi connectivity index (χ0n) is 8.34. The van der Waals surface area contributed by atoms with Crippen molar-refractivity contribution in [3.63, 3.8) is 0 Å². The first kappa shape index (κ1) is 13.3. The SMILES string of the molecule is Cc1nn(CC(F)(F)F)c(C)c1S(=O)(=O)Cl. The lowest BCUT2D eigenvalue weighted by Gasteiger charge is -2.07. The van der Waals surface area contributed by atoms with E-state index >= 15 is 0 Å². The Balaban J connectivity index is 3.28. The molecular formula is C7H8ClF3N2O2S. The summed E-state index contributed by atoms with van der Waals surface area (Å²) >= 11 is 0. The van der Waals surface area contributed by atoms with Gasteiger partial charge < -0.3 is 0 Å². The number of aromatic nitrogens is 2. The maximum Gasteiger partial charge on any atom is 0.408 e. The molecule has 0 aromatic carbocycles. The first-order valence-electron chi connectivity index (χ1n) is 4.08. The number of hydrogen-bond acceptors (Lipinski definition) is 3. The summed E-state index contributed by atoms with van der Waals surface area (Å²) < 4.78 is 59.1. The maximum absolute atomic E-state index is 12.1. The largest absolute Gasteiger partial charge is 0.408 e. The Morgan fingerprint density at radius 2 is 1.88 bits per heavy atom. The van der Waals surface area contributed by atoms with Gasteiger partial charge in [-0.3, -0.25) is 4.68 Å². The van der Waals surface area contributed by atoms with Gasteiger partial charge >= 0.3 is 6.18 Å². The Bertz CT molecular complexity index is 506. The van der Waals surface area contributed by atoms with Crippen LogP contribution in [0.5, 0.6) is 0 Å². The third-order valence-corrected chi connectivity index (χ3v) is 3.43. The van der Waals surface area contributed by atoms with Gasteiger partial charge in [-0.1, -0.05) is 0 Å². The number of halogens is 4. The van der Waals surface area contributed by atoms with Gasteiger partial charge in [-0.2, -0.15) is 18.3 Å². The first-order valence-corrected chi connectivity index (χ1v) is 6.39. The summed E-state index contributed by atoms with van der Waals surface area (Å²) in [6.07, 6.45) is -4.46. The molecule has 0 fully saturated rings. The molecule has 4 nitrogen and oxygen atoms in total. The van der Waals surface area contributed by atoms with Crippen LogP contribution in [0.2, 0.25) is 0 Å². The first-order chi connectivity index (χ1) is 7.02. The fraction of sp³-hybridized carbons (Fsp3) is 0.571. The van der Waals surface area contributed by atoms with E-state index in [4.69, 9.17) is 10.7 Å². The number of aryl methyl sites for hydroxylation is 1. The van der Waals surface area contributed by atoms with Gasteiger partial charge in [-0.25, -0.2) is 8.42 Å². The molecule has 16 heavy (non-hydrogen) atoms. The van der Waals surface area contributed by atoms with Crippen molar-refractivity contribution in [2.24, 2.45) is 0 Å². The van der Waals surface area contributed by atoms with Crippen LogP contribution in [-0.2, 0) is 15.6 Å². The van der Waals surface area contributed by atoms with Gasteiger partial charge in [0.25, 0.3) is 9.05 Å². The molecule has 92 valence electrons. The van der Waals surface area contributed by atoms with Crippen LogP contribution >= 0.6 is 10.7 Å². The molecule has 9 heteroatoms. The molecule has 1 rings (SSSR count). The zero-order valence-corrected chi connectivity index (χ0v) is 9.91. The van der Waals surface area contributed by atoms with Crippen molar-refractivity contribution in [3.8, 4) is 0 Å². The molecule has 0 bridgehead atoms. The molecular weight excluding hydrogens is 269 g/mol. The molecule has 0 aliphatic heterocycles. The van der Waals surface area contributed by atoms with Crippen molar-refractivity contribution >= 4 is 19.7 Å². The normalized spacial score (nSPS) is 13.1. The molecule has 0 aliphatic carbocycles. The predicted molar refractivity (Wildman–Crippen MR) is 50.8 cm³/mol. The van der Waals surface area contributed by atoms with Crippen molar-refractivity contribution in [1.29, 1.82) is 0 Å². The van der Waals surface area contributed by atoms with E-state index in [1.54, 1.807) is 0 Å². The highest BCUT2D eigenvalue weighted by molar-refractivity contribution is 8.13. The Hall–Kier alpha value is -0.760. The third kappa shape index (κ3) is 2.88. The van der Waals surface area contributed by atoms with Crippen LogP contribution in [0.15, 0.2) is 4.90 Å². The van der Waals surface area contributed by atoms with Crippen molar-refractivity contribution in [2.75, 3.05) is 0 Å². The zero-order chi connectivity index (χ0) is 12.7. The molecule has 0 aliphatic rings. The predicted octanol–water partition coefficient (Wildman–Crippen LogP) is 1.99. The summed E-state index contributed by atoms with van der Waals surface area (Å²) in [5.74, 6) is 0. The van der Waals surface area contributed by atoms with Gasteiger partial charge in [-0.15, -0.1) is 0 Å². The van der Waals surface area contributed by atoms with Crippen molar-refractivity contribution < 1.29 is 21.6 Å². The second-order valence-corrected chi connectivity index (χ2v) is 5.71. The molecule has 0 unspecified atom stereocenters. The highest BCUT2D eigenvalue weighted by Crippen LogP contribution is 2.25. The van der Waals surface area contributed by atoms with Crippen LogP contribution in [0, 0.1) is 13.8 Å². The van der Waals surface area contributed by atoms with E-state index in [-0.39, 0.29) is 16.3 Å². The Morgan fingerprint density at radius 1 is 1.38 bits per heavy atom. The summed E-state index contributed by atoms with van der Waals surface area (Å²) in [4.78, 5) is -0.363. The highest BCUT2D eigenvalue weighted by atomic mass is 35.7. The minimum absolute atomic E-state index is 0.0447. The molecule has 0 saturated heterocycles. The van der Waals surface area contributed by atoms with E-state index in [1.807, 2.05) is 0 Å². The number of rotatable bonds is 2. The van der Waals surface area contributed by atoms with E-state index in [1.165, 1.54) is 13.8 Å². The van der Waals surface area contributed by atoms with Crippen molar-refractivity contribution in [3.05, 3.63) is 11.4 Å². The summed E-state index contributed by atoms with van der Waals surface area (Å²) in [6.45, 7) is 1.17. The van der Waals surface area contributed by atoms with Gasteiger partial charge in [0.05, 0.1) is 11.4 Å². The fourth-order valence-corrected chi connectivity index (χ4v) is 2.88. The van der Waals surface area contributed by atoms with Gasteiger partial charge in [-0.05, 0) is 13.8 Å². The van der Waals surface area contributed by atoms with E-state index in [9.17, 15) is 21.6 Å². The fourth-order valence-electron chi connectivity index (χ4n) is 1.36. The van der Waals surface area contributed by atoms with Crippen LogP contribution in [0.1, 0.15) is 11.4 Å². The lowest BCUT2D eigenvalue weighted by molar-refractivity contribution is -0.143. The minimum atomic E-state index is -4.46. The minimum Gasteiger partial charge on any atom is -0.259 e. The topological polar surface area (TPSA) is 52.0 Å².